The minimum atomic E-state index is -0.0285. The fourth-order valence-electron chi connectivity index (χ4n) is 2.10. The quantitative estimate of drug-likeness (QED) is 0.615. The Morgan fingerprint density at radius 1 is 1.53 bits per heavy atom. The third-order valence-corrected chi connectivity index (χ3v) is 3.42. The summed E-state index contributed by atoms with van der Waals surface area (Å²) in [5.74, 6) is 0. The average molecular weight is 249 g/mol. The first kappa shape index (κ1) is 12.2. The van der Waals surface area contributed by atoms with Crippen LogP contribution < -0.4 is 10.7 Å². The molecule has 0 fully saturated rings. The van der Waals surface area contributed by atoms with Gasteiger partial charge in [-0.25, -0.2) is 0 Å². The van der Waals surface area contributed by atoms with Gasteiger partial charge >= 0.3 is 0 Å². The van der Waals surface area contributed by atoms with E-state index in [2.05, 4.69) is 36.0 Å². The lowest BCUT2D eigenvalue weighted by atomic mass is 9.98. The van der Waals surface area contributed by atoms with Crippen molar-refractivity contribution in [1.82, 2.24) is 4.98 Å². The van der Waals surface area contributed by atoms with Crippen molar-refractivity contribution in [2.75, 3.05) is 6.54 Å². The van der Waals surface area contributed by atoms with Crippen LogP contribution in [0.3, 0.4) is 0 Å². The van der Waals surface area contributed by atoms with Crippen molar-refractivity contribution in [1.29, 1.82) is 0 Å². The van der Waals surface area contributed by atoms with Crippen LogP contribution in [0.1, 0.15) is 20.8 Å². The highest BCUT2D eigenvalue weighted by atomic mass is 35.5. The minimum Gasteiger partial charge on any atom is -0.346 e. The van der Waals surface area contributed by atoms with E-state index in [4.69, 9.17) is 11.6 Å². The fourth-order valence-corrected chi connectivity index (χ4v) is 2.46. The summed E-state index contributed by atoms with van der Waals surface area (Å²) in [6.45, 7) is 6.89. The van der Waals surface area contributed by atoms with Gasteiger partial charge in [0.15, 0.2) is 0 Å². The van der Waals surface area contributed by atoms with Crippen molar-refractivity contribution in [3.8, 4) is 0 Å². The molecule has 2 heterocycles. The molecule has 0 saturated heterocycles. The number of H-pyrrole nitrogens is 1. The standard InChI is InChI=1S/C14H17ClN2/c1-4-9(2)7-10(3)13-11-5-6-16-14(11)17-8-12(13)15/h4-7,12H,8H2,1-3H3,(H,16,17)/b9-4-,10-7+. The van der Waals surface area contributed by atoms with Gasteiger partial charge in [-0.05, 0) is 38.0 Å². The molecule has 0 bridgehead atoms. The second-order valence-corrected chi connectivity index (χ2v) is 4.85. The van der Waals surface area contributed by atoms with Gasteiger partial charge in [-0.3, -0.25) is 4.99 Å². The van der Waals surface area contributed by atoms with E-state index in [-0.39, 0.29) is 5.38 Å². The zero-order valence-corrected chi connectivity index (χ0v) is 11.2. The van der Waals surface area contributed by atoms with Gasteiger partial charge < -0.3 is 4.98 Å². The zero-order valence-electron chi connectivity index (χ0n) is 10.4. The van der Waals surface area contributed by atoms with Crippen LogP contribution in [-0.4, -0.2) is 16.9 Å². The van der Waals surface area contributed by atoms with E-state index in [0.717, 1.165) is 10.7 Å². The first-order valence-electron chi connectivity index (χ1n) is 5.81. The molecule has 2 rings (SSSR count). The maximum Gasteiger partial charge on any atom is 0.132 e. The van der Waals surface area contributed by atoms with Crippen LogP contribution in [-0.2, 0) is 0 Å². The predicted octanol–water partition coefficient (Wildman–Crippen LogP) is 2.32. The third kappa shape index (κ3) is 2.37. The summed E-state index contributed by atoms with van der Waals surface area (Å²) in [5.41, 5.74) is 4.61. The Morgan fingerprint density at radius 3 is 3.00 bits per heavy atom. The lowest BCUT2D eigenvalue weighted by Gasteiger charge is -2.15. The maximum atomic E-state index is 6.38. The number of nitrogens with zero attached hydrogens (tertiary/aromatic N) is 1. The van der Waals surface area contributed by atoms with E-state index in [9.17, 15) is 0 Å². The highest BCUT2D eigenvalue weighted by Crippen LogP contribution is 2.21. The van der Waals surface area contributed by atoms with E-state index < -0.39 is 0 Å². The Balaban J connectivity index is 2.62. The topological polar surface area (TPSA) is 28.1 Å². The molecule has 17 heavy (non-hydrogen) atoms. The van der Waals surface area contributed by atoms with E-state index >= 15 is 0 Å². The number of halogens is 1. The molecule has 1 N–H and O–H groups in total. The molecule has 1 aromatic heterocycles. The van der Waals surface area contributed by atoms with E-state index in [0.29, 0.717) is 6.54 Å². The predicted molar refractivity (Wildman–Crippen MR) is 72.7 cm³/mol. The van der Waals surface area contributed by atoms with Crippen molar-refractivity contribution < 1.29 is 0 Å². The van der Waals surface area contributed by atoms with Crippen LogP contribution in [0.15, 0.2) is 40.6 Å². The molecule has 0 saturated carbocycles. The van der Waals surface area contributed by atoms with E-state index in [1.807, 2.05) is 19.2 Å². The largest absolute Gasteiger partial charge is 0.346 e. The van der Waals surface area contributed by atoms with Crippen LogP contribution >= 0.6 is 11.6 Å². The first-order chi connectivity index (χ1) is 8.13. The summed E-state index contributed by atoms with van der Waals surface area (Å²) in [5, 5.41) is 1.10. The van der Waals surface area contributed by atoms with Gasteiger partial charge in [-0.2, -0.15) is 0 Å². The Morgan fingerprint density at radius 2 is 2.29 bits per heavy atom. The summed E-state index contributed by atoms with van der Waals surface area (Å²) in [7, 11) is 0. The SMILES string of the molecule is C/C=C(C)\C=C(/C)C1=c2cc[nH]c2=NCC1Cl. The number of alkyl halides is 1. The van der Waals surface area contributed by atoms with Crippen LogP contribution in [0.4, 0.5) is 0 Å². The van der Waals surface area contributed by atoms with Gasteiger partial charge in [-0.1, -0.05) is 17.7 Å². The number of rotatable bonds is 2. The smallest absolute Gasteiger partial charge is 0.132 e. The van der Waals surface area contributed by atoms with Crippen molar-refractivity contribution in [2.24, 2.45) is 4.99 Å². The summed E-state index contributed by atoms with van der Waals surface area (Å²) >= 11 is 6.38. The van der Waals surface area contributed by atoms with Gasteiger partial charge in [0, 0.05) is 11.4 Å². The molecule has 90 valence electrons. The van der Waals surface area contributed by atoms with Crippen LogP contribution in [0, 0.1) is 0 Å². The second-order valence-electron chi connectivity index (χ2n) is 4.32. The molecule has 1 aliphatic heterocycles. The molecular formula is C14H17ClN2. The monoisotopic (exact) mass is 248 g/mol. The number of fused-ring (bicyclic) bond motifs is 1. The molecule has 0 spiro atoms. The molecule has 0 amide bonds. The van der Waals surface area contributed by atoms with Crippen LogP contribution in [0.2, 0.25) is 0 Å². The molecular weight excluding hydrogens is 232 g/mol. The molecule has 3 heteroatoms. The Bertz CT molecular complexity index is 590. The van der Waals surface area contributed by atoms with Crippen molar-refractivity contribution in [3.05, 3.63) is 46.3 Å². The number of hydrogen-bond acceptors (Lipinski definition) is 1. The molecule has 0 radical (unpaired) electrons. The molecule has 1 aliphatic rings. The van der Waals surface area contributed by atoms with Crippen molar-refractivity contribution in [2.45, 2.75) is 26.1 Å². The lowest BCUT2D eigenvalue weighted by molar-refractivity contribution is 0.919. The van der Waals surface area contributed by atoms with Gasteiger partial charge in [0.2, 0.25) is 0 Å². The maximum absolute atomic E-state index is 6.38. The average Bonchev–Trinajstić information content (AvgIpc) is 2.76. The van der Waals surface area contributed by atoms with E-state index in [1.165, 1.54) is 16.7 Å². The number of allylic oxidation sites excluding steroid dienone is 4. The Kier molecular flexibility index (Phi) is 3.53. The number of nitrogens with one attached hydrogen (secondary N) is 1. The summed E-state index contributed by atoms with van der Waals surface area (Å²) < 4.78 is 0. The van der Waals surface area contributed by atoms with Gasteiger partial charge in [-0.15, -0.1) is 11.6 Å². The molecule has 1 unspecified atom stereocenters. The van der Waals surface area contributed by atoms with E-state index in [1.54, 1.807) is 0 Å². The second kappa shape index (κ2) is 4.92. The van der Waals surface area contributed by atoms with Crippen molar-refractivity contribution in [3.63, 3.8) is 0 Å². The molecule has 2 nitrogen and oxygen atoms in total. The third-order valence-electron chi connectivity index (χ3n) is 3.06. The van der Waals surface area contributed by atoms with Crippen molar-refractivity contribution >= 4 is 17.2 Å². The summed E-state index contributed by atoms with van der Waals surface area (Å²) in [4.78, 5) is 7.56. The number of aromatic amines is 1. The minimum absolute atomic E-state index is 0.0285. The molecule has 0 aromatic carbocycles. The summed E-state index contributed by atoms with van der Waals surface area (Å²) in [6.07, 6.45) is 6.18. The van der Waals surface area contributed by atoms with Crippen LogP contribution in [0.5, 0.6) is 0 Å². The Labute approximate surface area is 106 Å². The highest BCUT2D eigenvalue weighted by molar-refractivity contribution is 6.26. The number of aromatic nitrogens is 1. The normalized spacial score (nSPS) is 21.2. The molecule has 0 aliphatic carbocycles. The lowest BCUT2D eigenvalue weighted by Crippen LogP contribution is -2.34. The van der Waals surface area contributed by atoms with Gasteiger partial charge in [0.05, 0.1) is 11.9 Å². The fraction of sp³-hybridized carbons (Fsp3) is 0.357. The first-order valence-corrected chi connectivity index (χ1v) is 6.25. The summed E-state index contributed by atoms with van der Waals surface area (Å²) in [6, 6.07) is 2.05. The Hall–Kier alpha value is -1.28. The van der Waals surface area contributed by atoms with Crippen LogP contribution in [0.25, 0.3) is 5.57 Å². The molecule has 1 aromatic rings. The number of hydrogen-bond donors (Lipinski definition) is 1. The zero-order chi connectivity index (χ0) is 12.4. The molecule has 1 atom stereocenters. The van der Waals surface area contributed by atoms with Gasteiger partial charge in [0.25, 0.3) is 0 Å². The highest BCUT2D eigenvalue weighted by Gasteiger charge is 2.17. The van der Waals surface area contributed by atoms with Gasteiger partial charge in [0.1, 0.15) is 5.49 Å².